The van der Waals surface area contributed by atoms with Gasteiger partial charge in [0, 0.05) is 11.1 Å². The number of hydrogen-bond donors (Lipinski definition) is 1. The number of nitro groups is 2. The second-order valence-corrected chi connectivity index (χ2v) is 6.81. The predicted octanol–water partition coefficient (Wildman–Crippen LogP) is 4.48. The summed E-state index contributed by atoms with van der Waals surface area (Å²) in [5, 5.41) is 26.4. The van der Waals surface area contributed by atoms with Gasteiger partial charge in [-0.05, 0) is 60.2 Å². The predicted molar refractivity (Wildman–Crippen MR) is 119 cm³/mol. The maximum atomic E-state index is 11.8. The van der Waals surface area contributed by atoms with Crippen LogP contribution in [-0.4, -0.2) is 28.6 Å². The standard InChI is InChI=1S/C21H15ClN4O7/c22-15-3-8-17(9-4-15)32-13-21(27)24-23-12-14-1-6-18(7-2-14)33-20-10-5-16(25(28)29)11-19(20)26(30)31/h1-12H,13H2,(H,24,27)/b23-12+. The van der Waals surface area contributed by atoms with Crippen molar-refractivity contribution in [3.63, 3.8) is 0 Å². The Morgan fingerprint density at radius 1 is 0.970 bits per heavy atom. The minimum absolute atomic E-state index is 0.139. The summed E-state index contributed by atoms with van der Waals surface area (Å²) >= 11 is 5.78. The highest BCUT2D eigenvalue weighted by Crippen LogP contribution is 2.34. The SMILES string of the molecule is O=C(COc1ccc(Cl)cc1)N/N=C/c1ccc(Oc2ccc([N+](=O)[O-])cc2[N+](=O)[O-])cc1. The summed E-state index contributed by atoms with van der Waals surface area (Å²) in [7, 11) is 0. The van der Waals surface area contributed by atoms with Crippen LogP contribution in [0, 0.1) is 20.2 Å². The Kier molecular flexibility index (Phi) is 7.50. The molecule has 3 aromatic carbocycles. The van der Waals surface area contributed by atoms with Gasteiger partial charge >= 0.3 is 5.69 Å². The lowest BCUT2D eigenvalue weighted by Crippen LogP contribution is -2.24. The van der Waals surface area contributed by atoms with Crippen LogP contribution in [0.25, 0.3) is 0 Å². The van der Waals surface area contributed by atoms with Gasteiger partial charge in [-0.2, -0.15) is 5.10 Å². The molecule has 1 amide bonds. The molecule has 12 heteroatoms. The number of benzene rings is 3. The van der Waals surface area contributed by atoms with Crippen LogP contribution in [0.3, 0.4) is 0 Å². The number of carbonyl (C=O) groups excluding carboxylic acids is 1. The van der Waals surface area contributed by atoms with Gasteiger partial charge in [0.05, 0.1) is 22.1 Å². The summed E-state index contributed by atoms with van der Waals surface area (Å²) in [6.45, 7) is -0.236. The van der Waals surface area contributed by atoms with Crippen LogP contribution in [0.1, 0.15) is 5.56 Å². The van der Waals surface area contributed by atoms with Crippen molar-refractivity contribution in [3.05, 3.63) is 97.5 Å². The molecule has 0 unspecified atom stereocenters. The van der Waals surface area contributed by atoms with Gasteiger partial charge in [0.15, 0.2) is 6.61 Å². The molecule has 0 bridgehead atoms. The van der Waals surface area contributed by atoms with Gasteiger partial charge in [0.1, 0.15) is 11.5 Å². The summed E-state index contributed by atoms with van der Waals surface area (Å²) in [5.41, 5.74) is 1.99. The molecule has 0 heterocycles. The van der Waals surface area contributed by atoms with Gasteiger partial charge < -0.3 is 9.47 Å². The lowest BCUT2D eigenvalue weighted by atomic mass is 10.2. The number of ether oxygens (including phenoxy) is 2. The van der Waals surface area contributed by atoms with Crippen LogP contribution in [0.4, 0.5) is 11.4 Å². The first-order chi connectivity index (χ1) is 15.8. The number of hydrogen-bond acceptors (Lipinski definition) is 8. The number of hydrazone groups is 1. The van der Waals surface area contributed by atoms with Gasteiger partial charge in [-0.25, -0.2) is 5.43 Å². The molecule has 0 saturated heterocycles. The Morgan fingerprint density at radius 3 is 2.27 bits per heavy atom. The monoisotopic (exact) mass is 470 g/mol. The Hall–Kier alpha value is -4.51. The zero-order valence-corrected chi connectivity index (χ0v) is 17.5. The van der Waals surface area contributed by atoms with E-state index in [-0.39, 0.29) is 18.1 Å². The van der Waals surface area contributed by atoms with E-state index in [4.69, 9.17) is 21.1 Å². The molecule has 3 rings (SSSR count). The van der Waals surface area contributed by atoms with E-state index in [1.54, 1.807) is 36.4 Å². The van der Waals surface area contributed by atoms with Crippen LogP contribution in [0.5, 0.6) is 17.2 Å². The first kappa shape index (κ1) is 23.2. The fourth-order valence-corrected chi connectivity index (χ4v) is 2.61. The van der Waals surface area contributed by atoms with E-state index in [2.05, 4.69) is 10.5 Å². The smallest absolute Gasteiger partial charge is 0.318 e. The third-order valence-corrected chi connectivity index (χ3v) is 4.30. The fourth-order valence-electron chi connectivity index (χ4n) is 2.49. The van der Waals surface area contributed by atoms with Gasteiger partial charge in [-0.3, -0.25) is 25.0 Å². The average Bonchev–Trinajstić information content (AvgIpc) is 2.80. The van der Waals surface area contributed by atoms with Crippen molar-refractivity contribution in [2.24, 2.45) is 5.10 Å². The van der Waals surface area contributed by atoms with Gasteiger partial charge in [0.25, 0.3) is 11.6 Å². The summed E-state index contributed by atoms with van der Waals surface area (Å²) in [4.78, 5) is 32.3. The van der Waals surface area contributed by atoms with Gasteiger partial charge in [0.2, 0.25) is 5.75 Å². The second kappa shape index (κ2) is 10.7. The van der Waals surface area contributed by atoms with Crippen molar-refractivity contribution in [1.82, 2.24) is 5.43 Å². The molecular weight excluding hydrogens is 456 g/mol. The topological polar surface area (TPSA) is 146 Å². The molecule has 11 nitrogen and oxygen atoms in total. The Balaban J connectivity index is 1.55. The van der Waals surface area contributed by atoms with E-state index < -0.39 is 27.1 Å². The zero-order chi connectivity index (χ0) is 23.8. The van der Waals surface area contributed by atoms with Crippen LogP contribution in [0.15, 0.2) is 71.8 Å². The molecular formula is C21H15ClN4O7. The highest BCUT2D eigenvalue weighted by Gasteiger charge is 2.21. The number of amides is 1. The third kappa shape index (κ3) is 6.74. The molecule has 0 fully saturated rings. The molecule has 0 aromatic heterocycles. The summed E-state index contributed by atoms with van der Waals surface area (Å²) in [6.07, 6.45) is 1.39. The molecule has 0 atom stereocenters. The normalized spacial score (nSPS) is 10.6. The van der Waals surface area contributed by atoms with Gasteiger partial charge in [-0.15, -0.1) is 0 Å². The first-order valence-corrected chi connectivity index (χ1v) is 9.60. The van der Waals surface area contributed by atoms with E-state index in [1.807, 2.05) is 0 Å². The summed E-state index contributed by atoms with van der Waals surface area (Å²) in [5.74, 6) is 0.151. The number of halogens is 1. The highest BCUT2D eigenvalue weighted by atomic mass is 35.5. The van der Waals surface area contributed by atoms with Gasteiger partial charge in [-0.1, -0.05) is 11.6 Å². The number of nitro benzene ring substituents is 2. The fraction of sp³-hybridized carbons (Fsp3) is 0.0476. The molecule has 3 aromatic rings. The molecule has 0 aliphatic heterocycles. The van der Waals surface area contributed by atoms with E-state index in [1.165, 1.54) is 18.3 Å². The average molecular weight is 471 g/mol. The molecule has 0 saturated carbocycles. The Morgan fingerprint density at radius 2 is 1.64 bits per heavy atom. The number of nitrogens with one attached hydrogen (secondary N) is 1. The van der Waals surface area contributed by atoms with Crippen molar-refractivity contribution in [3.8, 4) is 17.2 Å². The van der Waals surface area contributed by atoms with Crippen molar-refractivity contribution in [2.45, 2.75) is 0 Å². The Bertz CT molecular complexity index is 1200. The number of nitrogens with zero attached hydrogens (tertiary/aromatic N) is 3. The van der Waals surface area contributed by atoms with Crippen molar-refractivity contribution in [2.75, 3.05) is 6.61 Å². The van der Waals surface area contributed by atoms with E-state index >= 15 is 0 Å². The van der Waals surface area contributed by atoms with Crippen molar-refractivity contribution in [1.29, 1.82) is 0 Å². The third-order valence-electron chi connectivity index (χ3n) is 4.04. The van der Waals surface area contributed by atoms with Crippen molar-refractivity contribution >= 4 is 35.1 Å². The number of carbonyl (C=O) groups is 1. The van der Waals surface area contributed by atoms with Crippen LogP contribution < -0.4 is 14.9 Å². The zero-order valence-electron chi connectivity index (χ0n) is 16.7. The quantitative estimate of drug-likeness (QED) is 0.275. The second-order valence-electron chi connectivity index (χ2n) is 6.37. The van der Waals surface area contributed by atoms with E-state index in [0.29, 0.717) is 16.3 Å². The summed E-state index contributed by atoms with van der Waals surface area (Å²) < 4.78 is 10.8. The number of rotatable bonds is 9. The molecule has 168 valence electrons. The maximum absolute atomic E-state index is 11.8. The number of non-ortho nitro benzene ring substituents is 1. The highest BCUT2D eigenvalue weighted by molar-refractivity contribution is 6.30. The van der Waals surface area contributed by atoms with Crippen LogP contribution in [0.2, 0.25) is 5.02 Å². The lowest BCUT2D eigenvalue weighted by molar-refractivity contribution is -0.394. The molecule has 33 heavy (non-hydrogen) atoms. The Labute approximate surface area is 191 Å². The molecule has 0 aliphatic carbocycles. The minimum atomic E-state index is -0.761. The molecule has 1 N–H and O–H groups in total. The maximum Gasteiger partial charge on any atom is 0.318 e. The molecule has 0 spiro atoms. The first-order valence-electron chi connectivity index (χ1n) is 9.23. The molecule has 0 aliphatic rings. The molecule has 0 radical (unpaired) electrons. The van der Waals surface area contributed by atoms with E-state index in [0.717, 1.165) is 18.2 Å². The van der Waals surface area contributed by atoms with E-state index in [9.17, 15) is 25.0 Å². The minimum Gasteiger partial charge on any atom is -0.484 e. The largest absolute Gasteiger partial charge is 0.484 e. The van der Waals surface area contributed by atoms with Crippen LogP contribution in [-0.2, 0) is 4.79 Å². The van der Waals surface area contributed by atoms with Crippen molar-refractivity contribution < 1.29 is 24.1 Å². The van der Waals surface area contributed by atoms with Crippen LogP contribution >= 0.6 is 11.6 Å². The lowest BCUT2D eigenvalue weighted by Gasteiger charge is -2.06. The summed E-state index contributed by atoms with van der Waals surface area (Å²) in [6, 6.07) is 15.9.